The SMILES string of the molecule is C[C@@H]1CO[C@@H]2[C@H]1OC[C@H]2O[Si](C)(C)C(C)(C)C. The summed E-state index contributed by atoms with van der Waals surface area (Å²) >= 11 is 0. The molecule has 0 unspecified atom stereocenters. The summed E-state index contributed by atoms with van der Waals surface area (Å²) in [5.74, 6) is 0.507. The van der Waals surface area contributed by atoms with Gasteiger partial charge >= 0.3 is 0 Å². The molecule has 0 bridgehead atoms. The van der Waals surface area contributed by atoms with Crippen molar-refractivity contribution in [1.29, 1.82) is 0 Å². The van der Waals surface area contributed by atoms with Gasteiger partial charge < -0.3 is 13.9 Å². The Morgan fingerprint density at radius 1 is 1.06 bits per heavy atom. The molecule has 100 valence electrons. The topological polar surface area (TPSA) is 27.7 Å². The minimum atomic E-state index is -1.71. The van der Waals surface area contributed by atoms with E-state index in [9.17, 15) is 0 Å². The number of hydrogen-bond donors (Lipinski definition) is 0. The lowest BCUT2D eigenvalue weighted by Gasteiger charge is -2.39. The van der Waals surface area contributed by atoms with Crippen LogP contribution >= 0.6 is 0 Å². The van der Waals surface area contributed by atoms with Crippen molar-refractivity contribution in [2.45, 2.75) is 64.1 Å². The van der Waals surface area contributed by atoms with Gasteiger partial charge in [0.2, 0.25) is 0 Å². The number of fused-ring (bicyclic) bond motifs is 1. The second-order valence-corrected chi connectivity index (χ2v) is 11.7. The molecule has 4 heteroatoms. The Morgan fingerprint density at radius 2 is 1.65 bits per heavy atom. The van der Waals surface area contributed by atoms with Gasteiger partial charge in [-0.2, -0.15) is 0 Å². The molecule has 0 aromatic carbocycles. The zero-order chi connectivity index (χ0) is 12.8. The highest BCUT2D eigenvalue weighted by molar-refractivity contribution is 6.74. The predicted octanol–water partition coefficient (Wildman–Crippen LogP) is 2.81. The number of ether oxygens (including phenoxy) is 2. The molecule has 2 saturated heterocycles. The summed E-state index contributed by atoms with van der Waals surface area (Å²) in [6.45, 7) is 15.1. The van der Waals surface area contributed by atoms with Crippen molar-refractivity contribution in [3.63, 3.8) is 0 Å². The van der Waals surface area contributed by atoms with Crippen LogP contribution in [0.5, 0.6) is 0 Å². The first kappa shape index (κ1) is 13.5. The van der Waals surface area contributed by atoms with Crippen LogP contribution in [0.15, 0.2) is 0 Å². The van der Waals surface area contributed by atoms with E-state index >= 15 is 0 Å². The molecule has 2 aliphatic rings. The Labute approximate surface area is 106 Å². The molecule has 0 spiro atoms. The molecule has 2 heterocycles. The fraction of sp³-hybridized carbons (Fsp3) is 1.00. The molecule has 0 N–H and O–H groups in total. The van der Waals surface area contributed by atoms with Gasteiger partial charge in [0.25, 0.3) is 0 Å². The fourth-order valence-electron chi connectivity index (χ4n) is 2.31. The Bertz CT molecular complexity index is 285. The largest absolute Gasteiger partial charge is 0.409 e. The predicted molar refractivity (Wildman–Crippen MR) is 70.7 cm³/mol. The number of hydrogen-bond acceptors (Lipinski definition) is 3. The van der Waals surface area contributed by atoms with Gasteiger partial charge in [-0.3, -0.25) is 0 Å². The maximum atomic E-state index is 6.41. The van der Waals surface area contributed by atoms with Crippen LogP contribution in [-0.4, -0.2) is 39.8 Å². The normalized spacial score (nSPS) is 38.5. The van der Waals surface area contributed by atoms with Crippen LogP contribution in [0.25, 0.3) is 0 Å². The first-order chi connectivity index (χ1) is 7.72. The molecule has 2 aliphatic heterocycles. The summed E-state index contributed by atoms with van der Waals surface area (Å²) in [6.07, 6.45) is 0.565. The molecule has 17 heavy (non-hydrogen) atoms. The van der Waals surface area contributed by atoms with Gasteiger partial charge in [-0.25, -0.2) is 0 Å². The summed E-state index contributed by atoms with van der Waals surface area (Å²) in [6, 6.07) is 0. The van der Waals surface area contributed by atoms with E-state index in [4.69, 9.17) is 13.9 Å². The van der Waals surface area contributed by atoms with Crippen molar-refractivity contribution in [2.24, 2.45) is 5.92 Å². The van der Waals surface area contributed by atoms with Gasteiger partial charge in [0.15, 0.2) is 8.32 Å². The fourth-order valence-corrected chi connectivity index (χ4v) is 3.62. The third kappa shape index (κ3) is 2.45. The zero-order valence-electron chi connectivity index (χ0n) is 11.9. The van der Waals surface area contributed by atoms with Crippen LogP contribution in [-0.2, 0) is 13.9 Å². The summed E-state index contributed by atoms with van der Waals surface area (Å²) in [5, 5.41) is 0.245. The Morgan fingerprint density at radius 3 is 2.24 bits per heavy atom. The smallest absolute Gasteiger partial charge is 0.192 e. The van der Waals surface area contributed by atoms with E-state index in [1.807, 2.05) is 0 Å². The van der Waals surface area contributed by atoms with Gasteiger partial charge in [0.1, 0.15) is 6.10 Å². The van der Waals surface area contributed by atoms with Crippen LogP contribution in [0.2, 0.25) is 18.1 Å². The Kier molecular flexibility index (Phi) is 3.45. The van der Waals surface area contributed by atoms with E-state index in [1.54, 1.807) is 0 Å². The van der Waals surface area contributed by atoms with E-state index in [0.29, 0.717) is 12.5 Å². The van der Waals surface area contributed by atoms with Crippen molar-refractivity contribution in [1.82, 2.24) is 0 Å². The van der Waals surface area contributed by atoms with Crippen molar-refractivity contribution in [2.75, 3.05) is 13.2 Å². The van der Waals surface area contributed by atoms with Crippen LogP contribution in [0.1, 0.15) is 27.7 Å². The lowest BCUT2D eigenvalue weighted by atomic mass is 10.0. The van der Waals surface area contributed by atoms with Gasteiger partial charge in [-0.15, -0.1) is 0 Å². The molecule has 0 aliphatic carbocycles. The van der Waals surface area contributed by atoms with Gasteiger partial charge in [-0.1, -0.05) is 27.7 Å². The Balaban J connectivity index is 2.02. The summed E-state index contributed by atoms with van der Waals surface area (Å²) in [7, 11) is -1.71. The third-order valence-corrected chi connectivity index (χ3v) is 9.01. The quantitative estimate of drug-likeness (QED) is 0.713. The van der Waals surface area contributed by atoms with Crippen molar-refractivity contribution >= 4 is 8.32 Å². The van der Waals surface area contributed by atoms with Crippen LogP contribution in [0.3, 0.4) is 0 Å². The second kappa shape index (κ2) is 4.33. The van der Waals surface area contributed by atoms with Crippen molar-refractivity contribution < 1.29 is 13.9 Å². The summed E-state index contributed by atoms with van der Waals surface area (Å²) in [5.41, 5.74) is 0. The van der Waals surface area contributed by atoms with Crippen LogP contribution in [0, 0.1) is 5.92 Å². The van der Waals surface area contributed by atoms with Crippen molar-refractivity contribution in [3.05, 3.63) is 0 Å². The van der Waals surface area contributed by atoms with E-state index in [0.717, 1.165) is 6.61 Å². The maximum absolute atomic E-state index is 6.41. The van der Waals surface area contributed by atoms with Crippen LogP contribution in [0.4, 0.5) is 0 Å². The third-order valence-electron chi connectivity index (χ3n) is 4.51. The molecule has 0 aromatic heterocycles. The van der Waals surface area contributed by atoms with Gasteiger partial charge in [0, 0.05) is 5.92 Å². The Hall–Kier alpha value is 0.0969. The lowest BCUT2D eigenvalue weighted by Crippen LogP contribution is -2.47. The maximum Gasteiger partial charge on any atom is 0.192 e. The highest BCUT2D eigenvalue weighted by Crippen LogP contribution is 2.40. The molecule has 0 radical (unpaired) electrons. The average molecular weight is 258 g/mol. The minimum absolute atomic E-state index is 0.144. The molecule has 3 nitrogen and oxygen atoms in total. The highest BCUT2D eigenvalue weighted by atomic mass is 28.4. The lowest BCUT2D eigenvalue weighted by molar-refractivity contribution is 0.0234. The molecule has 0 aromatic rings. The molecule has 4 atom stereocenters. The van der Waals surface area contributed by atoms with E-state index in [1.165, 1.54) is 0 Å². The minimum Gasteiger partial charge on any atom is -0.409 e. The molecule has 2 rings (SSSR count). The second-order valence-electron chi connectivity index (χ2n) is 6.99. The zero-order valence-corrected chi connectivity index (χ0v) is 12.9. The van der Waals surface area contributed by atoms with E-state index in [2.05, 4.69) is 40.8 Å². The van der Waals surface area contributed by atoms with E-state index < -0.39 is 8.32 Å². The van der Waals surface area contributed by atoms with E-state index in [-0.39, 0.29) is 23.4 Å². The monoisotopic (exact) mass is 258 g/mol. The summed E-state index contributed by atoms with van der Waals surface area (Å²) < 4.78 is 18.1. The molecular weight excluding hydrogens is 232 g/mol. The first-order valence-corrected chi connectivity index (χ1v) is 9.54. The summed E-state index contributed by atoms with van der Waals surface area (Å²) in [4.78, 5) is 0. The molecule has 0 amide bonds. The number of rotatable bonds is 2. The first-order valence-electron chi connectivity index (χ1n) is 6.63. The molecule has 0 saturated carbocycles. The van der Waals surface area contributed by atoms with Crippen LogP contribution < -0.4 is 0 Å². The molecular formula is C13H26O3Si. The highest BCUT2D eigenvalue weighted by Gasteiger charge is 2.49. The average Bonchev–Trinajstić information content (AvgIpc) is 2.70. The van der Waals surface area contributed by atoms with Crippen molar-refractivity contribution in [3.8, 4) is 0 Å². The standard InChI is InChI=1S/C13H26O3Si/c1-9-7-14-12-10(8-15-11(9)12)16-17(5,6)13(2,3)4/h9-12H,7-8H2,1-6H3/t9-,10-,11+,12+/m1/s1. The molecule has 2 fully saturated rings. The van der Waals surface area contributed by atoms with Gasteiger partial charge in [-0.05, 0) is 18.1 Å². The van der Waals surface area contributed by atoms with Gasteiger partial charge in [0.05, 0.1) is 25.4 Å².